The second kappa shape index (κ2) is 3.09. The molecule has 0 unspecified atom stereocenters. The molecule has 6 heteroatoms. The molecular weight excluding hydrogens is 140 g/mol. The van der Waals surface area contributed by atoms with E-state index >= 15 is 0 Å². The fourth-order valence-electron chi connectivity index (χ4n) is 0.564. The largest absolute Gasteiger partial charge is 0.452 e. The summed E-state index contributed by atoms with van der Waals surface area (Å²) < 4.78 is 0. The van der Waals surface area contributed by atoms with Crippen LogP contribution in [0.5, 0.6) is 0 Å². The molecule has 0 aliphatic heterocycles. The lowest BCUT2D eigenvalue weighted by molar-refractivity contribution is -0.750. The lowest BCUT2D eigenvalue weighted by Gasteiger charge is -2.02. The second-order valence-electron chi connectivity index (χ2n) is 2.23. The van der Waals surface area contributed by atoms with Crippen molar-refractivity contribution in [1.29, 1.82) is 0 Å². The molecule has 58 valence electrons. The Labute approximate surface area is 57.1 Å². The summed E-state index contributed by atoms with van der Waals surface area (Å²) in [4.78, 5) is 18.1. The predicted molar refractivity (Wildman–Crippen MR) is 32.6 cm³/mol. The summed E-state index contributed by atoms with van der Waals surface area (Å²) in [6, 6.07) is 0. The van der Waals surface area contributed by atoms with Crippen molar-refractivity contribution in [1.82, 2.24) is 0 Å². The first-order chi connectivity index (χ1) is 4.46. The van der Waals surface area contributed by atoms with Gasteiger partial charge in [-0.25, -0.2) is 0 Å². The Kier molecular flexibility index (Phi) is 2.72. The van der Waals surface area contributed by atoms with Crippen LogP contribution in [0.25, 0.3) is 0 Å². The van der Waals surface area contributed by atoms with E-state index in [4.69, 9.17) is 0 Å². The van der Waals surface area contributed by atoms with Gasteiger partial charge in [-0.05, 0) is 13.8 Å². The van der Waals surface area contributed by atoms with Gasteiger partial charge in [0.15, 0.2) is 0 Å². The van der Waals surface area contributed by atoms with Gasteiger partial charge in [-0.2, -0.15) is 0 Å². The van der Waals surface area contributed by atoms with Crippen LogP contribution >= 0.6 is 0 Å². The van der Waals surface area contributed by atoms with E-state index in [1.807, 2.05) is 0 Å². The van der Waals surface area contributed by atoms with Gasteiger partial charge in [-0.3, -0.25) is 20.2 Å². The second-order valence-corrected chi connectivity index (χ2v) is 2.23. The fourth-order valence-corrected chi connectivity index (χ4v) is 0.564. The summed E-state index contributed by atoms with van der Waals surface area (Å²) in [6.07, 6.45) is -1.67. The molecule has 0 radical (unpaired) electrons. The molecule has 0 saturated heterocycles. The molecule has 0 bridgehead atoms. The molecule has 6 nitrogen and oxygen atoms in total. The minimum atomic E-state index is -1.67. The molecule has 0 aliphatic rings. The van der Waals surface area contributed by atoms with Crippen molar-refractivity contribution in [3.63, 3.8) is 0 Å². The Morgan fingerprint density at radius 1 is 1.10 bits per heavy atom. The molecule has 0 aliphatic carbocycles. The number of rotatable bonds is 3. The third-order valence-corrected chi connectivity index (χ3v) is 1.03. The highest BCUT2D eigenvalue weighted by Crippen LogP contribution is 2.04. The van der Waals surface area contributed by atoms with E-state index in [1.165, 1.54) is 13.8 Å². The van der Waals surface area contributed by atoms with Gasteiger partial charge in [0.25, 0.3) is 0 Å². The number of hydrogen-bond donors (Lipinski definition) is 0. The average Bonchev–Trinajstić information content (AvgIpc) is 1.59. The molecule has 0 fully saturated rings. The lowest BCUT2D eigenvalue weighted by atomic mass is 10.2. The number of nitrogens with zero attached hydrogens (tertiary/aromatic N) is 2. The summed E-state index contributed by atoms with van der Waals surface area (Å²) in [5, 5.41) is 19.9. The molecule has 10 heavy (non-hydrogen) atoms. The Morgan fingerprint density at radius 2 is 1.40 bits per heavy atom. The topological polar surface area (TPSA) is 86.3 Å². The van der Waals surface area contributed by atoms with Gasteiger partial charge in [-0.15, -0.1) is 0 Å². The van der Waals surface area contributed by atoms with Crippen molar-refractivity contribution in [3.8, 4) is 0 Å². The first-order valence-corrected chi connectivity index (χ1v) is 2.73. The summed E-state index contributed by atoms with van der Waals surface area (Å²) in [5.74, 6) is -0.565. The van der Waals surface area contributed by atoms with Crippen molar-refractivity contribution >= 4 is 0 Å². The van der Waals surface area contributed by atoms with Crippen LogP contribution in [0.2, 0.25) is 0 Å². The highest BCUT2D eigenvalue weighted by Gasteiger charge is 2.35. The third-order valence-electron chi connectivity index (χ3n) is 1.03. The van der Waals surface area contributed by atoms with Crippen LogP contribution in [-0.2, 0) is 0 Å². The maximum absolute atomic E-state index is 9.95. The quantitative estimate of drug-likeness (QED) is 0.331. The summed E-state index contributed by atoms with van der Waals surface area (Å²) in [6.45, 7) is 2.88. The fraction of sp³-hybridized carbons (Fsp3) is 1.00. The molecule has 0 atom stereocenters. The molecule has 0 N–H and O–H groups in total. The maximum atomic E-state index is 9.95. The number of hydrogen-bond acceptors (Lipinski definition) is 4. The van der Waals surface area contributed by atoms with Gasteiger partial charge in [0.1, 0.15) is 0 Å². The van der Waals surface area contributed by atoms with Crippen LogP contribution in [0.15, 0.2) is 0 Å². The van der Waals surface area contributed by atoms with E-state index in [0.717, 1.165) is 0 Å². The normalized spacial score (nSPS) is 10.4. The smallest absolute Gasteiger partial charge is 0.259 e. The molecule has 0 saturated carbocycles. The van der Waals surface area contributed by atoms with Gasteiger partial charge in [0.2, 0.25) is 0 Å². The van der Waals surface area contributed by atoms with Crippen molar-refractivity contribution in [2.45, 2.75) is 20.0 Å². The minimum absolute atomic E-state index is 0.565. The zero-order valence-corrected chi connectivity index (χ0v) is 5.68. The van der Waals surface area contributed by atoms with E-state index in [9.17, 15) is 20.2 Å². The standard InChI is InChI=1S/C4H8N2O4/c1-3(2)4(5(7)8)6(9)10/h3-4H,1-2H3. The molecule has 0 rings (SSSR count). The van der Waals surface area contributed by atoms with Crippen LogP contribution < -0.4 is 0 Å². The highest BCUT2D eigenvalue weighted by molar-refractivity contribution is 4.46. The molecule has 0 aromatic carbocycles. The molecular formula is C4H8N2O4. The van der Waals surface area contributed by atoms with E-state index in [2.05, 4.69) is 0 Å². The third kappa shape index (κ3) is 1.96. The van der Waals surface area contributed by atoms with Gasteiger partial charge in [0, 0.05) is 0 Å². The van der Waals surface area contributed by atoms with Crippen LogP contribution in [0.3, 0.4) is 0 Å². The Morgan fingerprint density at radius 3 is 1.40 bits per heavy atom. The molecule has 0 aromatic rings. The van der Waals surface area contributed by atoms with E-state index < -0.39 is 21.9 Å². The minimum Gasteiger partial charge on any atom is -0.259 e. The number of nitro groups is 2. The predicted octanol–water partition coefficient (Wildman–Crippen LogP) is 0.522. The summed E-state index contributed by atoms with van der Waals surface area (Å²) >= 11 is 0. The maximum Gasteiger partial charge on any atom is 0.452 e. The first kappa shape index (κ1) is 8.80. The van der Waals surface area contributed by atoms with Crippen LogP contribution in [-0.4, -0.2) is 16.0 Å². The monoisotopic (exact) mass is 148 g/mol. The zero-order chi connectivity index (χ0) is 8.31. The first-order valence-electron chi connectivity index (χ1n) is 2.73. The lowest BCUT2D eigenvalue weighted by Crippen LogP contribution is -2.33. The van der Waals surface area contributed by atoms with Crippen molar-refractivity contribution < 1.29 is 9.85 Å². The average molecular weight is 148 g/mol. The van der Waals surface area contributed by atoms with Crippen molar-refractivity contribution in [2.75, 3.05) is 0 Å². The summed E-state index contributed by atoms with van der Waals surface area (Å²) in [7, 11) is 0. The molecule has 0 spiro atoms. The van der Waals surface area contributed by atoms with Gasteiger partial charge in [-0.1, -0.05) is 0 Å². The Balaban J connectivity index is 4.27. The zero-order valence-electron chi connectivity index (χ0n) is 5.68. The van der Waals surface area contributed by atoms with Gasteiger partial charge in [0.05, 0.1) is 15.8 Å². The van der Waals surface area contributed by atoms with Crippen LogP contribution in [0.1, 0.15) is 13.8 Å². The van der Waals surface area contributed by atoms with Crippen molar-refractivity contribution in [3.05, 3.63) is 20.2 Å². The van der Waals surface area contributed by atoms with Crippen molar-refractivity contribution in [2.24, 2.45) is 5.92 Å². The highest BCUT2D eigenvalue weighted by atomic mass is 16.7. The summed E-state index contributed by atoms with van der Waals surface area (Å²) in [5.41, 5.74) is 0. The molecule has 0 heterocycles. The van der Waals surface area contributed by atoms with E-state index in [-0.39, 0.29) is 0 Å². The molecule has 0 amide bonds. The Hall–Kier alpha value is -1.20. The van der Waals surface area contributed by atoms with Crippen LogP contribution in [0.4, 0.5) is 0 Å². The van der Waals surface area contributed by atoms with E-state index in [1.54, 1.807) is 0 Å². The SMILES string of the molecule is CC(C)C([N+](=O)[O-])[N+](=O)[O-]. The van der Waals surface area contributed by atoms with Crippen LogP contribution in [0, 0.1) is 26.1 Å². The Bertz CT molecular complexity index is 141. The van der Waals surface area contributed by atoms with E-state index in [0.29, 0.717) is 0 Å². The molecule has 0 aromatic heterocycles. The van der Waals surface area contributed by atoms with Gasteiger partial charge >= 0.3 is 6.17 Å². The van der Waals surface area contributed by atoms with Gasteiger partial charge < -0.3 is 0 Å².